The van der Waals surface area contributed by atoms with E-state index in [0.717, 1.165) is 19.4 Å². The third kappa shape index (κ3) is 5.68. The molecule has 0 bridgehead atoms. The highest BCUT2D eigenvalue weighted by Gasteiger charge is 2.24. The number of hydrogen-bond donors (Lipinski definition) is 2. The minimum absolute atomic E-state index is 0. The first kappa shape index (κ1) is 18.0. The zero-order chi connectivity index (χ0) is 14.6. The van der Waals surface area contributed by atoms with Crippen LogP contribution in [0.4, 0.5) is 0 Å². The molecule has 21 heavy (non-hydrogen) atoms. The van der Waals surface area contributed by atoms with Crippen LogP contribution in [0.1, 0.15) is 44.2 Å². The number of benzene rings is 1. The van der Waals surface area contributed by atoms with E-state index in [1.165, 1.54) is 17.5 Å². The lowest BCUT2D eigenvalue weighted by Crippen LogP contribution is -2.46. The second kappa shape index (κ2) is 7.81. The average molecular weight is 311 g/mol. The van der Waals surface area contributed by atoms with E-state index in [1.54, 1.807) is 0 Å². The van der Waals surface area contributed by atoms with Gasteiger partial charge >= 0.3 is 0 Å². The van der Waals surface area contributed by atoms with Crippen LogP contribution in [0.5, 0.6) is 0 Å². The van der Waals surface area contributed by atoms with Crippen LogP contribution in [0, 0.1) is 6.92 Å². The fourth-order valence-electron chi connectivity index (χ4n) is 2.91. The summed E-state index contributed by atoms with van der Waals surface area (Å²) in [4.78, 5) is 12.1. The van der Waals surface area contributed by atoms with Crippen molar-refractivity contribution in [1.82, 2.24) is 10.6 Å². The summed E-state index contributed by atoms with van der Waals surface area (Å²) >= 11 is 0. The number of amides is 1. The van der Waals surface area contributed by atoms with Gasteiger partial charge in [-0.05, 0) is 57.7 Å². The van der Waals surface area contributed by atoms with Crippen LogP contribution < -0.4 is 10.6 Å². The molecular formula is C17H27ClN2O. The number of rotatable bonds is 5. The van der Waals surface area contributed by atoms with Gasteiger partial charge in [0.15, 0.2) is 0 Å². The van der Waals surface area contributed by atoms with Crippen molar-refractivity contribution in [3.05, 3.63) is 35.4 Å². The number of nitrogens with one attached hydrogen (secondary N) is 2. The van der Waals surface area contributed by atoms with Gasteiger partial charge in [0.05, 0.1) is 0 Å². The van der Waals surface area contributed by atoms with E-state index in [1.807, 2.05) is 0 Å². The van der Waals surface area contributed by atoms with Crippen LogP contribution in [0.3, 0.4) is 0 Å². The summed E-state index contributed by atoms with van der Waals surface area (Å²) in [6.07, 6.45) is 3.76. The fraction of sp³-hybridized carbons (Fsp3) is 0.588. The number of carbonyl (C=O) groups is 1. The summed E-state index contributed by atoms with van der Waals surface area (Å²) in [5.74, 6) is 0.156. The molecule has 2 rings (SSSR count). The van der Waals surface area contributed by atoms with Crippen LogP contribution in [-0.2, 0) is 11.2 Å². The summed E-state index contributed by atoms with van der Waals surface area (Å²) in [6.45, 7) is 7.36. The van der Waals surface area contributed by atoms with Crippen LogP contribution in [0.25, 0.3) is 0 Å². The largest absolute Gasteiger partial charge is 0.351 e. The van der Waals surface area contributed by atoms with E-state index >= 15 is 0 Å². The lowest BCUT2D eigenvalue weighted by atomic mass is 9.92. The summed E-state index contributed by atoms with van der Waals surface area (Å²) in [5.41, 5.74) is 2.38. The summed E-state index contributed by atoms with van der Waals surface area (Å²) in [5, 5.41) is 6.55. The molecule has 4 heteroatoms. The minimum Gasteiger partial charge on any atom is -0.351 e. The maximum atomic E-state index is 12.1. The van der Waals surface area contributed by atoms with Crippen LogP contribution >= 0.6 is 12.4 Å². The Kier molecular flexibility index (Phi) is 6.69. The Morgan fingerprint density at radius 3 is 2.71 bits per heavy atom. The van der Waals surface area contributed by atoms with Crippen LogP contribution in [-0.4, -0.2) is 24.0 Å². The van der Waals surface area contributed by atoms with E-state index in [9.17, 15) is 4.79 Å². The lowest BCUT2D eigenvalue weighted by Gasteiger charge is -2.28. The molecule has 1 unspecified atom stereocenters. The smallest absolute Gasteiger partial charge is 0.221 e. The van der Waals surface area contributed by atoms with Gasteiger partial charge in [0.1, 0.15) is 0 Å². The molecule has 1 aliphatic rings. The lowest BCUT2D eigenvalue weighted by molar-refractivity contribution is -0.123. The van der Waals surface area contributed by atoms with Gasteiger partial charge in [-0.15, -0.1) is 12.4 Å². The zero-order valence-electron chi connectivity index (χ0n) is 13.2. The van der Waals surface area contributed by atoms with Gasteiger partial charge in [-0.2, -0.15) is 0 Å². The summed E-state index contributed by atoms with van der Waals surface area (Å²) < 4.78 is 0. The Balaban J connectivity index is 0.00000220. The van der Waals surface area contributed by atoms with Gasteiger partial charge in [0.2, 0.25) is 5.91 Å². The number of hydrogen-bond acceptors (Lipinski definition) is 2. The Morgan fingerprint density at radius 1 is 1.38 bits per heavy atom. The summed E-state index contributed by atoms with van der Waals surface area (Å²) in [7, 11) is 0. The molecule has 0 spiro atoms. The molecule has 2 N–H and O–H groups in total. The molecule has 0 saturated carbocycles. The van der Waals surface area contributed by atoms with Gasteiger partial charge < -0.3 is 10.6 Å². The fourth-order valence-corrected chi connectivity index (χ4v) is 2.91. The Bertz CT molecular complexity index is 468. The Labute approximate surface area is 134 Å². The molecule has 1 amide bonds. The summed E-state index contributed by atoms with van der Waals surface area (Å²) in [6, 6.07) is 8.74. The van der Waals surface area contributed by atoms with Crippen LogP contribution in [0.2, 0.25) is 0 Å². The number of carbonyl (C=O) groups excluding carboxylic acids is 1. The molecule has 1 aliphatic heterocycles. The van der Waals surface area contributed by atoms with Crippen molar-refractivity contribution in [3.8, 4) is 0 Å². The predicted molar refractivity (Wildman–Crippen MR) is 90.0 cm³/mol. The van der Waals surface area contributed by atoms with Crippen molar-refractivity contribution in [3.63, 3.8) is 0 Å². The Morgan fingerprint density at radius 2 is 2.10 bits per heavy atom. The Hall–Kier alpha value is -1.06. The maximum Gasteiger partial charge on any atom is 0.221 e. The molecule has 118 valence electrons. The minimum atomic E-state index is -0.207. The van der Waals surface area contributed by atoms with Gasteiger partial charge in [-0.3, -0.25) is 4.79 Å². The van der Waals surface area contributed by atoms with Gasteiger partial charge in [-0.25, -0.2) is 0 Å². The molecule has 0 aliphatic carbocycles. The van der Waals surface area contributed by atoms with E-state index in [-0.39, 0.29) is 23.9 Å². The average Bonchev–Trinajstić information content (AvgIpc) is 2.83. The predicted octanol–water partition coefficient (Wildman–Crippen LogP) is 3.00. The first-order valence-electron chi connectivity index (χ1n) is 7.55. The van der Waals surface area contributed by atoms with Crippen molar-refractivity contribution in [2.24, 2.45) is 0 Å². The van der Waals surface area contributed by atoms with Gasteiger partial charge in [-0.1, -0.05) is 24.3 Å². The molecule has 1 atom stereocenters. The van der Waals surface area contributed by atoms with Crippen molar-refractivity contribution in [2.75, 3.05) is 6.54 Å². The molecular weight excluding hydrogens is 284 g/mol. The van der Waals surface area contributed by atoms with E-state index in [0.29, 0.717) is 12.5 Å². The van der Waals surface area contributed by atoms with E-state index < -0.39 is 0 Å². The van der Waals surface area contributed by atoms with E-state index in [4.69, 9.17) is 0 Å². The highest BCUT2D eigenvalue weighted by Crippen LogP contribution is 2.17. The number of aryl methyl sites for hydroxylation is 1. The van der Waals surface area contributed by atoms with E-state index in [2.05, 4.69) is 55.7 Å². The van der Waals surface area contributed by atoms with Gasteiger partial charge in [0, 0.05) is 18.0 Å². The standard InChI is InChI=1S/C17H26N2O.ClH/c1-13-7-4-5-8-14(13)12-17(2,3)19-16(20)11-15-9-6-10-18-15;/h4-5,7-8,15,18H,6,9-12H2,1-3H3,(H,19,20);1H. The second-order valence-corrected chi connectivity index (χ2v) is 6.53. The highest BCUT2D eigenvalue weighted by molar-refractivity contribution is 5.85. The molecule has 1 saturated heterocycles. The molecule has 3 nitrogen and oxygen atoms in total. The maximum absolute atomic E-state index is 12.1. The van der Waals surface area contributed by atoms with Gasteiger partial charge in [0.25, 0.3) is 0 Å². The topological polar surface area (TPSA) is 41.1 Å². The molecule has 0 radical (unpaired) electrons. The van der Waals surface area contributed by atoms with Crippen molar-refractivity contribution >= 4 is 18.3 Å². The normalized spacial score (nSPS) is 18.1. The molecule has 1 heterocycles. The third-order valence-corrected chi connectivity index (χ3v) is 3.97. The first-order chi connectivity index (χ1) is 9.46. The molecule has 1 aromatic carbocycles. The highest BCUT2D eigenvalue weighted by atomic mass is 35.5. The molecule has 0 aromatic heterocycles. The molecule has 1 aromatic rings. The quantitative estimate of drug-likeness (QED) is 0.878. The SMILES string of the molecule is Cc1ccccc1CC(C)(C)NC(=O)CC1CCCN1.Cl. The molecule has 1 fully saturated rings. The first-order valence-corrected chi connectivity index (χ1v) is 7.55. The van der Waals surface area contributed by atoms with Crippen molar-refractivity contribution in [1.29, 1.82) is 0 Å². The third-order valence-electron chi connectivity index (χ3n) is 3.97. The second-order valence-electron chi connectivity index (χ2n) is 6.53. The zero-order valence-corrected chi connectivity index (χ0v) is 14.1. The van der Waals surface area contributed by atoms with Crippen LogP contribution in [0.15, 0.2) is 24.3 Å². The monoisotopic (exact) mass is 310 g/mol. The number of halogens is 1. The van der Waals surface area contributed by atoms with Crippen molar-refractivity contribution < 1.29 is 4.79 Å². The van der Waals surface area contributed by atoms with Crippen molar-refractivity contribution in [2.45, 2.75) is 58.0 Å².